The summed E-state index contributed by atoms with van der Waals surface area (Å²) >= 11 is 1.31. The van der Waals surface area contributed by atoms with Gasteiger partial charge in [-0.25, -0.2) is 13.1 Å². The van der Waals surface area contributed by atoms with Gasteiger partial charge < -0.3 is 10.1 Å². The zero-order valence-corrected chi connectivity index (χ0v) is 13.6. The van der Waals surface area contributed by atoms with Gasteiger partial charge in [0, 0.05) is 24.6 Å². The molecule has 20 heavy (non-hydrogen) atoms. The third-order valence-corrected chi connectivity index (χ3v) is 6.37. The van der Waals surface area contributed by atoms with Gasteiger partial charge in [-0.2, -0.15) is 0 Å². The van der Waals surface area contributed by atoms with E-state index in [0.717, 1.165) is 24.3 Å². The average molecular weight is 318 g/mol. The molecule has 1 aromatic rings. The molecule has 0 bridgehead atoms. The summed E-state index contributed by atoms with van der Waals surface area (Å²) in [5.41, 5.74) is -0.364. The van der Waals surface area contributed by atoms with Gasteiger partial charge in [0.25, 0.3) is 0 Å². The predicted octanol–water partition coefficient (Wildman–Crippen LogP) is 1.70. The monoisotopic (exact) mass is 318 g/mol. The molecule has 7 heteroatoms. The minimum Gasteiger partial charge on any atom is -0.374 e. The van der Waals surface area contributed by atoms with Crippen LogP contribution in [0.25, 0.3) is 0 Å². The highest BCUT2D eigenvalue weighted by molar-refractivity contribution is 7.91. The fraction of sp³-hybridized carbons (Fsp3) is 0.692. The summed E-state index contributed by atoms with van der Waals surface area (Å²) in [5.74, 6) is 0. The Kier molecular flexibility index (Phi) is 5.19. The Bertz CT molecular complexity index is 534. The maximum absolute atomic E-state index is 12.2. The lowest BCUT2D eigenvalue weighted by atomic mass is 10.0. The first-order chi connectivity index (χ1) is 9.45. The summed E-state index contributed by atoms with van der Waals surface area (Å²) < 4.78 is 33.1. The Morgan fingerprint density at radius 1 is 1.45 bits per heavy atom. The molecule has 0 saturated carbocycles. The number of hydrogen-bond acceptors (Lipinski definition) is 5. The lowest BCUT2D eigenvalue weighted by molar-refractivity contribution is 0.0250. The van der Waals surface area contributed by atoms with Gasteiger partial charge in [-0.1, -0.05) is 6.92 Å². The van der Waals surface area contributed by atoms with Crippen molar-refractivity contribution >= 4 is 21.4 Å². The van der Waals surface area contributed by atoms with Crippen LogP contribution < -0.4 is 10.0 Å². The fourth-order valence-electron chi connectivity index (χ4n) is 2.14. The summed E-state index contributed by atoms with van der Waals surface area (Å²) in [6.45, 7) is 6.59. The molecule has 0 spiro atoms. The maximum atomic E-state index is 12.2. The third-order valence-electron chi connectivity index (χ3n) is 3.39. The van der Waals surface area contributed by atoms with Gasteiger partial charge in [-0.3, -0.25) is 0 Å². The molecule has 1 aromatic heterocycles. The number of rotatable bonds is 7. The van der Waals surface area contributed by atoms with Gasteiger partial charge in [0.15, 0.2) is 0 Å². The van der Waals surface area contributed by atoms with E-state index in [1.807, 2.05) is 19.9 Å². The van der Waals surface area contributed by atoms with Crippen molar-refractivity contribution in [1.29, 1.82) is 0 Å². The van der Waals surface area contributed by atoms with Crippen molar-refractivity contribution in [3.8, 4) is 0 Å². The van der Waals surface area contributed by atoms with Gasteiger partial charge in [0.05, 0.1) is 5.60 Å². The highest BCUT2D eigenvalue weighted by Crippen LogP contribution is 2.26. The van der Waals surface area contributed by atoms with E-state index in [2.05, 4.69) is 10.0 Å². The van der Waals surface area contributed by atoms with E-state index in [1.54, 1.807) is 6.07 Å². The smallest absolute Gasteiger partial charge is 0.250 e. The second-order valence-electron chi connectivity index (χ2n) is 5.23. The SMILES string of the molecule is CCNCc1ccc(S(=O)(=O)NCC2(C)CCCO2)s1. The first-order valence-electron chi connectivity index (χ1n) is 6.88. The molecule has 1 unspecified atom stereocenters. The van der Waals surface area contributed by atoms with E-state index >= 15 is 0 Å². The Morgan fingerprint density at radius 3 is 2.90 bits per heavy atom. The van der Waals surface area contributed by atoms with E-state index in [4.69, 9.17) is 4.74 Å². The van der Waals surface area contributed by atoms with E-state index in [-0.39, 0.29) is 5.60 Å². The Hall–Kier alpha value is -0.470. The quantitative estimate of drug-likeness (QED) is 0.803. The zero-order chi connectivity index (χ0) is 14.6. The van der Waals surface area contributed by atoms with Gasteiger partial charge in [0.2, 0.25) is 10.0 Å². The Balaban J connectivity index is 1.97. The fourth-order valence-corrected chi connectivity index (χ4v) is 4.67. The zero-order valence-electron chi connectivity index (χ0n) is 11.9. The van der Waals surface area contributed by atoms with Crippen LogP contribution >= 0.6 is 11.3 Å². The molecule has 0 amide bonds. The van der Waals surface area contributed by atoms with Crippen molar-refractivity contribution in [2.75, 3.05) is 19.7 Å². The summed E-state index contributed by atoms with van der Waals surface area (Å²) in [6, 6.07) is 3.52. The molecule has 1 aliphatic heterocycles. The molecule has 114 valence electrons. The lowest BCUT2D eigenvalue weighted by Gasteiger charge is -2.22. The van der Waals surface area contributed by atoms with E-state index in [9.17, 15) is 8.42 Å². The van der Waals surface area contributed by atoms with Crippen molar-refractivity contribution in [2.24, 2.45) is 0 Å². The molecular weight excluding hydrogens is 296 g/mol. The summed E-state index contributed by atoms with van der Waals surface area (Å²) in [7, 11) is -3.43. The molecule has 1 aliphatic rings. The third kappa shape index (κ3) is 4.02. The standard InChI is InChI=1S/C13H22N2O3S2/c1-3-14-9-11-5-6-12(19-11)20(16,17)15-10-13(2)7-4-8-18-13/h5-6,14-15H,3-4,7-10H2,1-2H3. The minimum absolute atomic E-state index is 0.329. The molecule has 2 rings (SSSR count). The van der Waals surface area contributed by atoms with E-state index in [0.29, 0.717) is 23.9 Å². The Labute approximate surface area is 124 Å². The second kappa shape index (κ2) is 6.53. The summed E-state index contributed by atoms with van der Waals surface area (Å²) in [6.07, 6.45) is 1.88. The van der Waals surface area contributed by atoms with Crippen LogP contribution in [0, 0.1) is 0 Å². The molecule has 0 radical (unpaired) electrons. The van der Waals surface area contributed by atoms with Crippen LogP contribution in [0.5, 0.6) is 0 Å². The average Bonchev–Trinajstić information content (AvgIpc) is 3.04. The van der Waals surface area contributed by atoms with E-state index in [1.165, 1.54) is 11.3 Å². The highest BCUT2D eigenvalue weighted by atomic mass is 32.2. The van der Waals surface area contributed by atoms with E-state index < -0.39 is 10.0 Å². The molecule has 1 atom stereocenters. The van der Waals surface area contributed by atoms with Gasteiger partial charge in [-0.15, -0.1) is 11.3 Å². The van der Waals surface area contributed by atoms with Crippen molar-refractivity contribution in [3.63, 3.8) is 0 Å². The van der Waals surface area contributed by atoms with Gasteiger partial charge in [-0.05, 0) is 38.4 Å². The molecule has 1 saturated heterocycles. The molecule has 1 fully saturated rings. The van der Waals surface area contributed by atoms with Crippen LogP contribution in [-0.2, 0) is 21.3 Å². The first kappa shape index (κ1) is 15.9. The molecular formula is C13H22N2O3S2. The number of nitrogens with one attached hydrogen (secondary N) is 2. The topological polar surface area (TPSA) is 67.4 Å². The number of ether oxygens (including phenoxy) is 1. The van der Waals surface area contributed by atoms with Crippen LogP contribution in [0.4, 0.5) is 0 Å². The summed E-state index contributed by atoms with van der Waals surface area (Å²) in [5, 5.41) is 3.19. The van der Waals surface area contributed by atoms with Crippen molar-refractivity contribution < 1.29 is 13.2 Å². The number of thiophene rings is 1. The Morgan fingerprint density at radius 2 is 2.25 bits per heavy atom. The normalized spacial score (nSPS) is 23.3. The van der Waals surface area contributed by atoms with Crippen LogP contribution in [-0.4, -0.2) is 33.7 Å². The molecule has 2 N–H and O–H groups in total. The van der Waals surface area contributed by atoms with Crippen LogP contribution in [0.3, 0.4) is 0 Å². The second-order valence-corrected chi connectivity index (χ2v) is 8.39. The molecule has 0 aromatic carbocycles. The van der Waals surface area contributed by atoms with Gasteiger partial charge >= 0.3 is 0 Å². The highest BCUT2D eigenvalue weighted by Gasteiger charge is 2.31. The maximum Gasteiger partial charge on any atom is 0.250 e. The first-order valence-corrected chi connectivity index (χ1v) is 9.18. The van der Waals surface area contributed by atoms with Crippen molar-refractivity contribution in [3.05, 3.63) is 17.0 Å². The van der Waals surface area contributed by atoms with Crippen molar-refractivity contribution in [2.45, 2.75) is 43.0 Å². The lowest BCUT2D eigenvalue weighted by Crippen LogP contribution is -2.39. The summed E-state index contributed by atoms with van der Waals surface area (Å²) in [4.78, 5) is 1.02. The van der Waals surface area contributed by atoms with Crippen LogP contribution in [0.15, 0.2) is 16.3 Å². The minimum atomic E-state index is -3.43. The van der Waals surface area contributed by atoms with Crippen molar-refractivity contribution in [1.82, 2.24) is 10.0 Å². The van der Waals surface area contributed by atoms with Crippen LogP contribution in [0.2, 0.25) is 0 Å². The number of sulfonamides is 1. The predicted molar refractivity (Wildman–Crippen MR) is 80.5 cm³/mol. The van der Waals surface area contributed by atoms with Gasteiger partial charge in [0.1, 0.15) is 4.21 Å². The largest absolute Gasteiger partial charge is 0.374 e. The molecule has 2 heterocycles. The molecule has 0 aliphatic carbocycles. The molecule has 5 nitrogen and oxygen atoms in total. The van der Waals surface area contributed by atoms with Crippen LogP contribution in [0.1, 0.15) is 31.6 Å². The number of hydrogen-bond donors (Lipinski definition) is 2.